The van der Waals surface area contributed by atoms with Crippen molar-refractivity contribution in [2.75, 3.05) is 0 Å². The molecule has 0 aliphatic heterocycles. The van der Waals surface area contributed by atoms with Gasteiger partial charge in [-0.05, 0) is 29.1 Å². The van der Waals surface area contributed by atoms with E-state index < -0.39 is 0 Å². The SMILES string of the molecule is CC(C)C(C)CCCCC(C)C(C)(C)C(C)C. The molecule has 0 radical (unpaired) electrons. The fourth-order valence-electron chi connectivity index (χ4n) is 2.19. The molecular formula is C17H36. The molecule has 0 amide bonds. The molecule has 0 heteroatoms. The Morgan fingerprint density at radius 3 is 1.65 bits per heavy atom. The van der Waals surface area contributed by atoms with Gasteiger partial charge in [0.1, 0.15) is 0 Å². The van der Waals surface area contributed by atoms with Crippen molar-refractivity contribution in [3.8, 4) is 0 Å². The average molecular weight is 240 g/mol. The number of hydrogen-bond acceptors (Lipinski definition) is 0. The van der Waals surface area contributed by atoms with E-state index in [1.165, 1.54) is 25.7 Å². The van der Waals surface area contributed by atoms with Gasteiger partial charge in [-0.3, -0.25) is 0 Å². The second-order valence-corrected chi connectivity index (χ2v) is 7.38. The summed E-state index contributed by atoms with van der Waals surface area (Å²) in [5, 5.41) is 0. The molecule has 17 heavy (non-hydrogen) atoms. The van der Waals surface area contributed by atoms with Crippen LogP contribution in [-0.2, 0) is 0 Å². The molecule has 0 rings (SSSR count). The molecule has 0 aromatic heterocycles. The Morgan fingerprint density at radius 1 is 0.765 bits per heavy atom. The molecule has 0 heterocycles. The third-order valence-corrected chi connectivity index (χ3v) is 5.44. The second-order valence-electron chi connectivity index (χ2n) is 7.38. The van der Waals surface area contributed by atoms with Gasteiger partial charge in [-0.2, -0.15) is 0 Å². The van der Waals surface area contributed by atoms with E-state index in [2.05, 4.69) is 55.4 Å². The van der Waals surface area contributed by atoms with Crippen LogP contribution in [0.1, 0.15) is 81.1 Å². The van der Waals surface area contributed by atoms with E-state index in [-0.39, 0.29) is 0 Å². The van der Waals surface area contributed by atoms with Crippen LogP contribution < -0.4 is 0 Å². The highest BCUT2D eigenvalue weighted by Gasteiger charge is 2.28. The monoisotopic (exact) mass is 240 g/mol. The van der Waals surface area contributed by atoms with Crippen LogP contribution in [0.4, 0.5) is 0 Å². The van der Waals surface area contributed by atoms with Crippen LogP contribution in [0.15, 0.2) is 0 Å². The van der Waals surface area contributed by atoms with Gasteiger partial charge < -0.3 is 0 Å². The summed E-state index contributed by atoms with van der Waals surface area (Å²) < 4.78 is 0. The third kappa shape index (κ3) is 5.93. The molecule has 2 atom stereocenters. The van der Waals surface area contributed by atoms with Crippen molar-refractivity contribution in [1.82, 2.24) is 0 Å². The summed E-state index contributed by atoms with van der Waals surface area (Å²) in [5.41, 5.74) is 0.490. The van der Waals surface area contributed by atoms with Crippen molar-refractivity contribution >= 4 is 0 Å². The minimum absolute atomic E-state index is 0.490. The Kier molecular flexibility index (Phi) is 7.44. The largest absolute Gasteiger partial charge is 0.0625 e. The van der Waals surface area contributed by atoms with Gasteiger partial charge in [0.05, 0.1) is 0 Å². The molecule has 0 aromatic carbocycles. The highest BCUT2D eigenvalue weighted by atomic mass is 14.3. The summed E-state index contributed by atoms with van der Waals surface area (Å²) in [6, 6.07) is 0. The average Bonchev–Trinajstić information content (AvgIpc) is 2.22. The van der Waals surface area contributed by atoms with E-state index >= 15 is 0 Å². The van der Waals surface area contributed by atoms with Gasteiger partial charge in [0.2, 0.25) is 0 Å². The second kappa shape index (κ2) is 7.44. The van der Waals surface area contributed by atoms with Crippen molar-refractivity contribution in [1.29, 1.82) is 0 Å². The molecular weight excluding hydrogens is 204 g/mol. The van der Waals surface area contributed by atoms with Crippen molar-refractivity contribution in [3.05, 3.63) is 0 Å². The molecule has 0 saturated heterocycles. The van der Waals surface area contributed by atoms with E-state index in [0.717, 1.165) is 23.7 Å². The van der Waals surface area contributed by atoms with Crippen LogP contribution in [-0.4, -0.2) is 0 Å². The van der Waals surface area contributed by atoms with Crippen LogP contribution in [0.5, 0.6) is 0 Å². The Bertz CT molecular complexity index is 188. The van der Waals surface area contributed by atoms with Gasteiger partial charge in [0.15, 0.2) is 0 Å². The Hall–Kier alpha value is 0. The fraction of sp³-hybridized carbons (Fsp3) is 1.00. The highest BCUT2D eigenvalue weighted by molar-refractivity contribution is 4.78. The zero-order valence-electron chi connectivity index (χ0n) is 13.6. The quantitative estimate of drug-likeness (QED) is 0.446. The topological polar surface area (TPSA) is 0 Å². The number of rotatable bonds is 8. The molecule has 0 aliphatic rings. The minimum atomic E-state index is 0.490. The van der Waals surface area contributed by atoms with Crippen LogP contribution in [0.2, 0.25) is 0 Å². The Morgan fingerprint density at radius 2 is 1.24 bits per heavy atom. The van der Waals surface area contributed by atoms with Gasteiger partial charge in [-0.1, -0.05) is 81.1 Å². The van der Waals surface area contributed by atoms with Crippen LogP contribution in [0.3, 0.4) is 0 Å². The van der Waals surface area contributed by atoms with Crippen molar-refractivity contribution in [2.45, 2.75) is 81.1 Å². The van der Waals surface area contributed by atoms with Crippen molar-refractivity contribution in [3.63, 3.8) is 0 Å². The zero-order chi connectivity index (χ0) is 13.6. The minimum Gasteiger partial charge on any atom is -0.0625 e. The predicted octanol–water partition coefficient (Wildman–Crippen LogP) is 6.16. The van der Waals surface area contributed by atoms with E-state index in [4.69, 9.17) is 0 Å². The summed E-state index contributed by atoms with van der Waals surface area (Å²) in [7, 11) is 0. The first-order valence-corrected chi connectivity index (χ1v) is 7.69. The van der Waals surface area contributed by atoms with E-state index in [1.807, 2.05) is 0 Å². The maximum atomic E-state index is 2.44. The summed E-state index contributed by atoms with van der Waals surface area (Å²) in [6.45, 7) is 19.1. The zero-order valence-corrected chi connectivity index (χ0v) is 13.6. The Balaban J connectivity index is 3.83. The molecule has 0 spiro atoms. The molecule has 0 aliphatic carbocycles. The maximum absolute atomic E-state index is 2.44. The van der Waals surface area contributed by atoms with Gasteiger partial charge in [-0.25, -0.2) is 0 Å². The molecule has 104 valence electrons. The lowest BCUT2D eigenvalue weighted by atomic mass is 9.70. The molecule has 2 unspecified atom stereocenters. The summed E-state index contributed by atoms with van der Waals surface area (Å²) in [6.07, 6.45) is 5.63. The lowest BCUT2D eigenvalue weighted by Crippen LogP contribution is -2.27. The first-order chi connectivity index (χ1) is 7.69. The van der Waals surface area contributed by atoms with E-state index in [9.17, 15) is 0 Å². The van der Waals surface area contributed by atoms with Gasteiger partial charge in [0.25, 0.3) is 0 Å². The van der Waals surface area contributed by atoms with Crippen LogP contribution in [0.25, 0.3) is 0 Å². The first-order valence-electron chi connectivity index (χ1n) is 7.69. The standard InChI is InChI=1S/C17H36/c1-13(2)15(5)11-9-10-12-16(6)17(7,8)14(3)4/h13-16H,9-12H2,1-8H3. The molecule has 0 nitrogen and oxygen atoms in total. The summed E-state index contributed by atoms with van der Waals surface area (Å²) in [5.74, 6) is 3.37. The lowest BCUT2D eigenvalue weighted by molar-refractivity contribution is 0.139. The van der Waals surface area contributed by atoms with Crippen LogP contribution in [0, 0.1) is 29.1 Å². The van der Waals surface area contributed by atoms with Crippen molar-refractivity contribution < 1.29 is 0 Å². The first kappa shape index (κ1) is 17.0. The molecule has 0 bridgehead atoms. The van der Waals surface area contributed by atoms with E-state index in [0.29, 0.717) is 5.41 Å². The van der Waals surface area contributed by atoms with Gasteiger partial charge in [-0.15, -0.1) is 0 Å². The predicted molar refractivity (Wildman–Crippen MR) is 80.3 cm³/mol. The molecule has 0 saturated carbocycles. The van der Waals surface area contributed by atoms with Crippen LogP contribution >= 0.6 is 0 Å². The number of hydrogen-bond donors (Lipinski definition) is 0. The maximum Gasteiger partial charge on any atom is -0.0305 e. The molecule has 0 aromatic rings. The van der Waals surface area contributed by atoms with Gasteiger partial charge >= 0.3 is 0 Å². The fourth-order valence-corrected chi connectivity index (χ4v) is 2.19. The smallest absolute Gasteiger partial charge is 0.0305 e. The summed E-state index contributed by atoms with van der Waals surface area (Å²) in [4.78, 5) is 0. The summed E-state index contributed by atoms with van der Waals surface area (Å²) >= 11 is 0. The Labute approximate surface area is 111 Å². The number of unbranched alkanes of at least 4 members (excludes halogenated alkanes) is 1. The molecule has 0 N–H and O–H groups in total. The molecule has 0 fully saturated rings. The lowest BCUT2D eigenvalue weighted by Gasteiger charge is -2.36. The third-order valence-electron chi connectivity index (χ3n) is 5.44. The van der Waals surface area contributed by atoms with Crippen molar-refractivity contribution in [2.24, 2.45) is 29.1 Å². The van der Waals surface area contributed by atoms with Gasteiger partial charge in [0, 0.05) is 0 Å². The van der Waals surface area contributed by atoms with E-state index in [1.54, 1.807) is 0 Å². The normalized spacial score (nSPS) is 16.6. The highest BCUT2D eigenvalue weighted by Crippen LogP contribution is 2.37.